The van der Waals surface area contributed by atoms with E-state index >= 15 is 0 Å². The van der Waals surface area contributed by atoms with Crippen molar-refractivity contribution in [3.05, 3.63) is 39.8 Å². The minimum absolute atomic E-state index is 0.688. The molecule has 0 radical (unpaired) electrons. The normalized spacial score (nSPS) is 10.1. The van der Waals surface area contributed by atoms with Crippen LogP contribution in [0.5, 0.6) is 5.75 Å². The number of rotatable bonds is 4. The van der Waals surface area contributed by atoms with Crippen molar-refractivity contribution in [2.45, 2.75) is 6.54 Å². The number of hydrogen-bond acceptors (Lipinski definition) is 4. The molecule has 1 N–H and O–H groups in total. The Labute approximate surface area is 103 Å². The third kappa shape index (κ3) is 2.65. The summed E-state index contributed by atoms with van der Waals surface area (Å²) >= 11 is 7.54. The minimum Gasteiger partial charge on any atom is -0.495 e. The number of nitrogens with zero attached hydrogens (tertiary/aromatic N) is 1. The maximum atomic E-state index is 5.93. The van der Waals surface area contributed by atoms with Crippen molar-refractivity contribution in [3.63, 3.8) is 0 Å². The van der Waals surface area contributed by atoms with Crippen LogP contribution in [0.4, 0.5) is 5.69 Å². The third-order valence-electron chi connectivity index (χ3n) is 2.10. The quantitative estimate of drug-likeness (QED) is 0.908. The topological polar surface area (TPSA) is 34.1 Å². The average Bonchev–Trinajstić information content (AvgIpc) is 2.79. The lowest BCUT2D eigenvalue weighted by molar-refractivity contribution is 0.416. The molecule has 0 aliphatic rings. The number of anilines is 1. The number of aromatic nitrogens is 1. The van der Waals surface area contributed by atoms with Crippen molar-refractivity contribution in [2.75, 3.05) is 12.4 Å². The molecule has 0 bridgehead atoms. The van der Waals surface area contributed by atoms with Gasteiger partial charge in [0.05, 0.1) is 24.9 Å². The van der Waals surface area contributed by atoms with E-state index in [-0.39, 0.29) is 0 Å². The predicted octanol–water partition coefficient (Wildman–Crippen LogP) is 3.42. The molecule has 0 saturated heterocycles. The Morgan fingerprint density at radius 3 is 3.06 bits per heavy atom. The Morgan fingerprint density at radius 1 is 1.50 bits per heavy atom. The molecule has 16 heavy (non-hydrogen) atoms. The molecule has 0 aliphatic carbocycles. The van der Waals surface area contributed by atoms with Gasteiger partial charge in [-0.25, -0.2) is 0 Å². The van der Waals surface area contributed by atoms with Crippen molar-refractivity contribution in [3.8, 4) is 5.75 Å². The first-order valence-corrected chi connectivity index (χ1v) is 6.00. The van der Waals surface area contributed by atoms with Crippen molar-refractivity contribution < 1.29 is 4.74 Å². The van der Waals surface area contributed by atoms with E-state index in [4.69, 9.17) is 16.3 Å². The first-order valence-electron chi connectivity index (χ1n) is 4.74. The van der Waals surface area contributed by atoms with Crippen LogP contribution in [-0.2, 0) is 6.54 Å². The van der Waals surface area contributed by atoms with Crippen LogP contribution < -0.4 is 10.1 Å². The second-order valence-electron chi connectivity index (χ2n) is 3.17. The molecular formula is C11H11ClN2OS. The average molecular weight is 255 g/mol. The van der Waals surface area contributed by atoms with Gasteiger partial charge in [-0.2, -0.15) is 0 Å². The van der Waals surface area contributed by atoms with Gasteiger partial charge in [0, 0.05) is 16.1 Å². The lowest BCUT2D eigenvalue weighted by Crippen LogP contribution is -1.99. The molecule has 1 aromatic carbocycles. The molecule has 3 nitrogen and oxygen atoms in total. The lowest BCUT2D eigenvalue weighted by Gasteiger charge is -2.10. The van der Waals surface area contributed by atoms with Gasteiger partial charge >= 0.3 is 0 Å². The van der Waals surface area contributed by atoms with Gasteiger partial charge in [-0.1, -0.05) is 11.6 Å². The summed E-state index contributed by atoms with van der Waals surface area (Å²) in [5.74, 6) is 0.786. The smallest absolute Gasteiger partial charge is 0.142 e. The van der Waals surface area contributed by atoms with E-state index in [1.54, 1.807) is 24.5 Å². The second-order valence-corrected chi connectivity index (χ2v) is 4.57. The van der Waals surface area contributed by atoms with Gasteiger partial charge < -0.3 is 10.1 Å². The van der Waals surface area contributed by atoms with Crippen LogP contribution in [0.3, 0.4) is 0 Å². The summed E-state index contributed by atoms with van der Waals surface area (Å²) in [6.07, 6.45) is 1.84. The number of hydrogen-bond donors (Lipinski definition) is 1. The Bertz CT molecular complexity index is 459. The van der Waals surface area contributed by atoms with Crippen LogP contribution in [0.15, 0.2) is 29.9 Å². The summed E-state index contributed by atoms with van der Waals surface area (Å²) < 4.78 is 5.24. The molecule has 0 spiro atoms. The van der Waals surface area contributed by atoms with Crippen LogP contribution in [0, 0.1) is 0 Å². The maximum absolute atomic E-state index is 5.93. The Kier molecular flexibility index (Phi) is 3.64. The highest BCUT2D eigenvalue weighted by Gasteiger charge is 2.03. The van der Waals surface area contributed by atoms with Crippen molar-refractivity contribution in [1.82, 2.24) is 4.98 Å². The summed E-state index contributed by atoms with van der Waals surface area (Å²) in [6.45, 7) is 0.724. The number of benzene rings is 1. The van der Waals surface area contributed by atoms with Gasteiger partial charge in [0.2, 0.25) is 0 Å². The zero-order valence-corrected chi connectivity index (χ0v) is 10.3. The summed E-state index contributed by atoms with van der Waals surface area (Å²) in [5.41, 5.74) is 2.70. The van der Waals surface area contributed by atoms with Gasteiger partial charge in [0.1, 0.15) is 5.75 Å². The van der Waals surface area contributed by atoms with Crippen LogP contribution in [-0.4, -0.2) is 12.1 Å². The summed E-state index contributed by atoms with van der Waals surface area (Å²) in [7, 11) is 1.64. The fourth-order valence-corrected chi connectivity index (χ4v) is 2.04. The molecule has 0 fully saturated rings. The zero-order chi connectivity index (χ0) is 11.4. The molecule has 0 saturated carbocycles. The summed E-state index contributed by atoms with van der Waals surface area (Å²) in [4.78, 5) is 5.18. The van der Waals surface area contributed by atoms with E-state index in [1.165, 1.54) is 4.88 Å². The van der Waals surface area contributed by atoms with Crippen LogP contribution in [0.25, 0.3) is 0 Å². The van der Waals surface area contributed by atoms with Crippen molar-refractivity contribution in [1.29, 1.82) is 0 Å². The molecular weight excluding hydrogens is 244 g/mol. The highest BCUT2D eigenvalue weighted by atomic mass is 35.5. The molecule has 0 atom stereocenters. The van der Waals surface area contributed by atoms with Gasteiger partial charge in [0.15, 0.2) is 0 Å². The lowest BCUT2D eigenvalue weighted by atomic mass is 10.3. The molecule has 0 unspecified atom stereocenters. The van der Waals surface area contributed by atoms with E-state index in [1.807, 2.05) is 23.8 Å². The number of ether oxygens (including phenoxy) is 1. The predicted molar refractivity (Wildman–Crippen MR) is 67.4 cm³/mol. The number of halogens is 1. The van der Waals surface area contributed by atoms with Crippen molar-refractivity contribution in [2.24, 2.45) is 0 Å². The number of methoxy groups -OCH3 is 1. The molecule has 1 aromatic heterocycles. The summed E-state index contributed by atoms with van der Waals surface area (Å²) in [5, 5.41) is 3.96. The molecule has 5 heteroatoms. The highest BCUT2D eigenvalue weighted by molar-refractivity contribution is 7.09. The highest BCUT2D eigenvalue weighted by Crippen LogP contribution is 2.28. The SMILES string of the molecule is COc1ccc(Cl)cc1NCc1cncs1. The summed E-state index contributed by atoms with van der Waals surface area (Å²) in [6, 6.07) is 5.50. The largest absolute Gasteiger partial charge is 0.495 e. The van der Waals surface area contributed by atoms with Gasteiger partial charge in [0.25, 0.3) is 0 Å². The molecule has 2 rings (SSSR count). The fourth-order valence-electron chi connectivity index (χ4n) is 1.33. The minimum atomic E-state index is 0.688. The van der Waals surface area contributed by atoms with Gasteiger partial charge in [-0.15, -0.1) is 11.3 Å². The Hall–Kier alpha value is -1.26. The monoisotopic (exact) mass is 254 g/mol. The number of thiazole rings is 1. The van der Waals surface area contributed by atoms with Crippen LogP contribution >= 0.6 is 22.9 Å². The molecule has 1 heterocycles. The number of nitrogens with one attached hydrogen (secondary N) is 1. The van der Waals surface area contributed by atoms with E-state index in [2.05, 4.69) is 10.3 Å². The van der Waals surface area contributed by atoms with Gasteiger partial charge in [-0.3, -0.25) is 4.98 Å². The first kappa shape index (κ1) is 11.2. The zero-order valence-electron chi connectivity index (χ0n) is 8.74. The van der Waals surface area contributed by atoms with E-state index in [0.29, 0.717) is 5.02 Å². The Balaban J connectivity index is 2.11. The molecule has 2 aromatic rings. The van der Waals surface area contributed by atoms with Gasteiger partial charge in [-0.05, 0) is 18.2 Å². The maximum Gasteiger partial charge on any atom is 0.142 e. The molecule has 84 valence electrons. The van der Waals surface area contributed by atoms with Crippen LogP contribution in [0.1, 0.15) is 4.88 Å². The van der Waals surface area contributed by atoms with Crippen LogP contribution in [0.2, 0.25) is 5.02 Å². The third-order valence-corrected chi connectivity index (χ3v) is 3.11. The van der Waals surface area contributed by atoms with Crippen molar-refractivity contribution >= 4 is 28.6 Å². The van der Waals surface area contributed by atoms with E-state index < -0.39 is 0 Å². The van der Waals surface area contributed by atoms with E-state index in [9.17, 15) is 0 Å². The molecule has 0 amide bonds. The standard InChI is InChI=1S/C11H11ClN2OS/c1-15-11-3-2-8(12)4-10(11)14-6-9-5-13-7-16-9/h2-5,7,14H,6H2,1H3. The Morgan fingerprint density at radius 2 is 2.38 bits per heavy atom. The second kappa shape index (κ2) is 5.18. The molecule has 0 aliphatic heterocycles. The fraction of sp³-hybridized carbons (Fsp3) is 0.182. The van der Waals surface area contributed by atoms with E-state index in [0.717, 1.165) is 18.0 Å². The first-order chi connectivity index (χ1) is 7.79.